The molecule has 2 fully saturated rings. The lowest BCUT2D eigenvalue weighted by molar-refractivity contribution is -0.145. The molecule has 5 heteroatoms. The molecule has 0 unspecified atom stereocenters. The van der Waals surface area contributed by atoms with Gasteiger partial charge in [0.25, 0.3) is 0 Å². The molecule has 0 aliphatic heterocycles. The van der Waals surface area contributed by atoms with Crippen LogP contribution in [0.4, 0.5) is 4.79 Å². The molecule has 1 N–H and O–H groups in total. The molecule has 0 bridgehead atoms. The van der Waals surface area contributed by atoms with Crippen LogP contribution >= 0.6 is 0 Å². The number of ether oxygens (including phenoxy) is 2. The van der Waals surface area contributed by atoms with Crippen LogP contribution in [0.15, 0.2) is 0 Å². The zero-order valence-corrected chi connectivity index (χ0v) is 11.4. The Morgan fingerprint density at radius 1 is 1.28 bits per heavy atom. The largest absolute Gasteiger partial charge is 0.467 e. The van der Waals surface area contributed by atoms with Crippen molar-refractivity contribution in [3.05, 3.63) is 0 Å². The molecule has 102 valence electrons. The first-order chi connectivity index (χ1) is 8.28. The molecule has 2 aliphatic carbocycles. The van der Waals surface area contributed by atoms with Gasteiger partial charge in [-0.2, -0.15) is 0 Å². The van der Waals surface area contributed by atoms with Crippen molar-refractivity contribution in [2.45, 2.75) is 51.2 Å². The molecule has 2 rings (SSSR count). The summed E-state index contributed by atoms with van der Waals surface area (Å²) < 4.78 is 10.0. The second kappa shape index (κ2) is 4.14. The van der Waals surface area contributed by atoms with E-state index in [-0.39, 0.29) is 11.9 Å². The topological polar surface area (TPSA) is 64.6 Å². The van der Waals surface area contributed by atoms with E-state index in [0.717, 1.165) is 12.8 Å². The normalized spacial score (nSPS) is 30.6. The van der Waals surface area contributed by atoms with Crippen molar-refractivity contribution in [2.24, 2.45) is 11.8 Å². The molecule has 2 saturated carbocycles. The van der Waals surface area contributed by atoms with Crippen LogP contribution in [0.2, 0.25) is 0 Å². The number of amides is 1. The first-order valence-electron chi connectivity index (χ1n) is 6.38. The van der Waals surface area contributed by atoms with Crippen molar-refractivity contribution < 1.29 is 19.1 Å². The van der Waals surface area contributed by atoms with E-state index in [4.69, 9.17) is 9.47 Å². The Bertz CT molecular complexity index is 370. The maximum atomic E-state index is 11.8. The fourth-order valence-corrected chi connectivity index (χ4v) is 2.45. The van der Waals surface area contributed by atoms with E-state index in [0.29, 0.717) is 12.3 Å². The molecule has 2 atom stereocenters. The van der Waals surface area contributed by atoms with Crippen molar-refractivity contribution in [3.63, 3.8) is 0 Å². The fraction of sp³-hybridized carbons (Fsp3) is 0.846. The molecule has 0 aromatic rings. The highest BCUT2D eigenvalue weighted by Crippen LogP contribution is 2.57. The Morgan fingerprint density at radius 2 is 1.89 bits per heavy atom. The van der Waals surface area contributed by atoms with Gasteiger partial charge in [0.1, 0.15) is 11.1 Å². The lowest BCUT2D eigenvalue weighted by Crippen LogP contribution is -2.47. The molecule has 2 aliphatic rings. The number of carbonyl (C=O) groups excluding carboxylic acids is 2. The lowest BCUT2D eigenvalue weighted by Gasteiger charge is -2.23. The first-order valence-corrected chi connectivity index (χ1v) is 6.38. The number of carbonyl (C=O) groups is 2. The summed E-state index contributed by atoms with van der Waals surface area (Å²) in [6, 6.07) is 0. The summed E-state index contributed by atoms with van der Waals surface area (Å²) in [4.78, 5) is 23.6. The van der Waals surface area contributed by atoms with E-state index in [1.54, 1.807) is 20.8 Å². The molecule has 1 amide bonds. The Hall–Kier alpha value is -1.26. The van der Waals surface area contributed by atoms with Crippen molar-refractivity contribution in [3.8, 4) is 0 Å². The Kier molecular flexibility index (Phi) is 3.03. The Morgan fingerprint density at radius 3 is 2.33 bits per heavy atom. The molecule has 0 radical (unpaired) electrons. The van der Waals surface area contributed by atoms with Gasteiger partial charge < -0.3 is 14.8 Å². The van der Waals surface area contributed by atoms with Gasteiger partial charge in [-0.25, -0.2) is 9.59 Å². The monoisotopic (exact) mass is 255 g/mol. The minimum absolute atomic E-state index is 0.220. The van der Waals surface area contributed by atoms with Crippen LogP contribution in [0.25, 0.3) is 0 Å². The number of alkyl carbamates (subject to hydrolysis) is 1. The average molecular weight is 255 g/mol. The average Bonchev–Trinajstić information content (AvgIpc) is 3.05. The van der Waals surface area contributed by atoms with E-state index in [2.05, 4.69) is 5.32 Å². The van der Waals surface area contributed by atoms with Crippen LogP contribution in [0.1, 0.15) is 40.0 Å². The zero-order valence-electron chi connectivity index (χ0n) is 11.4. The first kappa shape index (κ1) is 13.2. The van der Waals surface area contributed by atoms with Crippen LogP contribution in [0, 0.1) is 11.8 Å². The zero-order chi connectivity index (χ0) is 13.6. The highest BCUT2D eigenvalue weighted by atomic mass is 16.6. The van der Waals surface area contributed by atoms with Crippen molar-refractivity contribution in [2.75, 3.05) is 7.11 Å². The third-order valence-electron chi connectivity index (χ3n) is 3.48. The van der Waals surface area contributed by atoms with Crippen molar-refractivity contribution in [1.29, 1.82) is 0 Å². The van der Waals surface area contributed by atoms with Crippen LogP contribution in [-0.4, -0.2) is 30.3 Å². The van der Waals surface area contributed by atoms with Gasteiger partial charge in [0.2, 0.25) is 0 Å². The van der Waals surface area contributed by atoms with Gasteiger partial charge in [0, 0.05) is 0 Å². The molecule has 0 aromatic heterocycles. The lowest BCUT2D eigenvalue weighted by atomic mass is 10.1. The fourth-order valence-electron chi connectivity index (χ4n) is 2.45. The second-order valence-corrected chi connectivity index (χ2v) is 6.24. The summed E-state index contributed by atoms with van der Waals surface area (Å²) in [6.45, 7) is 5.38. The standard InChI is InChI=1S/C13H21NO4/c1-12(2,3)18-11(16)14-13(10(15)17-4)7-9(13)8-5-6-8/h8-9H,5-7H2,1-4H3,(H,14,16)/t9-,13+/m0/s1. The van der Waals surface area contributed by atoms with Gasteiger partial charge >= 0.3 is 12.1 Å². The van der Waals surface area contributed by atoms with Crippen LogP contribution < -0.4 is 5.32 Å². The van der Waals surface area contributed by atoms with E-state index in [1.165, 1.54) is 7.11 Å². The predicted octanol–water partition coefficient (Wildman–Crippen LogP) is 1.85. The summed E-state index contributed by atoms with van der Waals surface area (Å²) in [7, 11) is 1.35. The summed E-state index contributed by atoms with van der Waals surface area (Å²) >= 11 is 0. The molecular formula is C13H21NO4. The van der Waals surface area contributed by atoms with Crippen LogP contribution in [0.5, 0.6) is 0 Å². The number of hydrogen-bond acceptors (Lipinski definition) is 4. The molecular weight excluding hydrogens is 234 g/mol. The van der Waals surface area contributed by atoms with Crippen LogP contribution in [-0.2, 0) is 14.3 Å². The number of hydrogen-bond donors (Lipinski definition) is 1. The molecule has 0 heterocycles. The molecule has 0 saturated heterocycles. The number of methoxy groups -OCH3 is 1. The SMILES string of the molecule is COC(=O)[C@@]1(NC(=O)OC(C)(C)C)C[C@H]1C1CC1. The smallest absolute Gasteiger partial charge is 0.408 e. The molecule has 18 heavy (non-hydrogen) atoms. The maximum Gasteiger partial charge on any atom is 0.408 e. The van der Waals surface area contributed by atoms with Gasteiger partial charge in [0.05, 0.1) is 7.11 Å². The summed E-state index contributed by atoms with van der Waals surface area (Å²) in [5.41, 5.74) is -1.40. The van der Waals surface area contributed by atoms with Crippen molar-refractivity contribution in [1.82, 2.24) is 5.32 Å². The molecule has 0 spiro atoms. The number of nitrogens with one attached hydrogen (secondary N) is 1. The van der Waals surface area contributed by atoms with Crippen molar-refractivity contribution >= 4 is 12.1 Å². The van der Waals surface area contributed by atoms with Gasteiger partial charge in [-0.05, 0) is 51.9 Å². The van der Waals surface area contributed by atoms with Crippen LogP contribution in [0.3, 0.4) is 0 Å². The van der Waals surface area contributed by atoms with E-state index >= 15 is 0 Å². The summed E-state index contributed by atoms with van der Waals surface area (Å²) in [6.07, 6.45) is 2.40. The Balaban J connectivity index is 1.99. The number of esters is 1. The highest BCUT2D eigenvalue weighted by Gasteiger charge is 2.67. The molecule has 0 aromatic carbocycles. The minimum atomic E-state index is -0.835. The van der Waals surface area contributed by atoms with Gasteiger partial charge in [-0.1, -0.05) is 0 Å². The third-order valence-corrected chi connectivity index (χ3v) is 3.48. The predicted molar refractivity (Wildman–Crippen MR) is 64.9 cm³/mol. The van der Waals surface area contributed by atoms with E-state index in [1.807, 2.05) is 0 Å². The number of rotatable bonds is 3. The van der Waals surface area contributed by atoms with Gasteiger partial charge in [0.15, 0.2) is 0 Å². The maximum absolute atomic E-state index is 11.8. The van der Waals surface area contributed by atoms with Gasteiger partial charge in [-0.15, -0.1) is 0 Å². The third kappa shape index (κ3) is 2.60. The van der Waals surface area contributed by atoms with E-state index in [9.17, 15) is 9.59 Å². The van der Waals surface area contributed by atoms with E-state index < -0.39 is 17.2 Å². The van der Waals surface area contributed by atoms with Gasteiger partial charge in [-0.3, -0.25) is 0 Å². The molecule has 5 nitrogen and oxygen atoms in total. The summed E-state index contributed by atoms with van der Waals surface area (Å²) in [5, 5.41) is 2.71. The minimum Gasteiger partial charge on any atom is -0.467 e. The summed E-state index contributed by atoms with van der Waals surface area (Å²) in [5.74, 6) is 0.418. The second-order valence-electron chi connectivity index (χ2n) is 6.24. The quantitative estimate of drug-likeness (QED) is 0.782. The Labute approximate surface area is 107 Å². The highest BCUT2D eigenvalue weighted by molar-refractivity contribution is 5.89.